The van der Waals surface area contributed by atoms with E-state index >= 15 is 0 Å². The lowest BCUT2D eigenvalue weighted by atomic mass is 10.00. The number of aryl methyl sites for hydroxylation is 2. The van der Waals surface area contributed by atoms with E-state index in [2.05, 4.69) is 4.74 Å². The van der Waals surface area contributed by atoms with Crippen LogP contribution in [-0.2, 0) is 9.53 Å². The summed E-state index contributed by atoms with van der Waals surface area (Å²) in [6, 6.07) is 5.63. The second-order valence-electron chi connectivity index (χ2n) is 3.47. The third-order valence-electron chi connectivity index (χ3n) is 2.17. The molecule has 3 nitrogen and oxygen atoms in total. The van der Waals surface area contributed by atoms with Gasteiger partial charge in [-0.2, -0.15) is 0 Å². The number of ketones is 1. The molecule has 0 bridgehead atoms. The van der Waals surface area contributed by atoms with E-state index in [9.17, 15) is 9.59 Å². The fourth-order valence-corrected chi connectivity index (χ4v) is 1.49. The second-order valence-corrected chi connectivity index (χ2v) is 3.47. The summed E-state index contributed by atoms with van der Waals surface area (Å²) in [5, 5.41) is 0. The predicted molar refractivity (Wildman–Crippen MR) is 56.9 cm³/mol. The van der Waals surface area contributed by atoms with E-state index in [4.69, 9.17) is 0 Å². The predicted octanol–water partition coefficient (Wildman–Crippen LogP) is 2.05. The highest BCUT2D eigenvalue weighted by molar-refractivity contribution is 6.00. The van der Waals surface area contributed by atoms with Gasteiger partial charge in [-0.3, -0.25) is 9.59 Å². The first-order valence-electron chi connectivity index (χ1n) is 4.75. The quantitative estimate of drug-likeness (QED) is 0.561. The number of carbonyl (C=O) groups excluding carboxylic acids is 2. The number of benzene rings is 1. The first-order valence-corrected chi connectivity index (χ1v) is 4.75. The minimum absolute atomic E-state index is 0.152. The minimum Gasteiger partial charge on any atom is -0.457 e. The van der Waals surface area contributed by atoms with Gasteiger partial charge in [0.1, 0.15) is 0 Å². The molecule has 0 unspecified atom stereocenters. The number of Topliss-reactive ketones (excluding diaryl/α,β-unsaturated/α-hetero) is 1. The van der Waals surface area contributed by atoms with E-state index in [0.29, 0.717) is 5.56 Å². The maximum atomic E-state index is 11.7. The monoisotopic (exact) mass is 206 g/mol. The number of hydrogen-bond acceptors (Lipinski definition) is 3. The number of esters is 1. The summed E-state index contributed by atoms with van der Waals surface area (Å²) in [4.78, 5) is 22.3. The molecule has 1 aromatic carbocycles. The standard InChI is InChI=1S/C12H14O3/c1-8-5-4-6-9(2)12(8)11(14)7-15-10(3)13/h4-6H,7H2,1-3H3. The molecule has 0 spiro atoms. The first kappa shape index (κ1) is 11.4. The van der Waals surface area contributed by atoms with Crippen LogP contribution in [0.25, 0.3) is 0 Å². The maximum absolute atomic E-state index is 11.7. The van der Waals surface area contributed by atoms with Crippen molar-refractivity contribution >= 4 is 11.8 Å². The fourth-order valence-electron chi connectivity index (χ4n) is 1.49. The van der Waals surface area contributed by atoms with E-state index in [1.165, 1.54) is 6.92 Å². The number of ether oxygens (including phenoxy) is 1. The van der Waals surface area contributed by atoms with Gasteiger partial charge < -0.3 is 4.74 Å². The van der Waals surface area contributed by atoms with Crippen molar-refractivity contribution in [3.8, 4) is 0 Å². The Morgan fingerprint density at radius 1 is 1.20 bits per heavy atom. The molecule has 0 radical (unpaired) electrons. The van der Waals surface area contributed by atoms with Gasteiger partial charge in [0.15, 0.2) is 6.61 Å². The lowest BCUT2D eigenvalue weighted by molar-refractivity contribution is -0.139. The van der Waals surface area contributed by atoms with Gasteiger partial charge >= 0.3 is 5.97 Å². The molecule has 15 heavy (non-hydrogen) atoms. The molecule has 0 aliphatic heterocycles. The van der Waals surface area contributed by atoms with Crippen molar-refractivity contribution in [2.24, 2.45) is 0 Å². The molecule has 0 amide bonds. The summed E-state index contributed by atoms with van der Waals surface area (Å²) in [7, 11) is 0. The zero-order valence-corrected chi connectivity index (χ0v) is 9.16. The van der Waals surface area contributed by atoms with Crippen LogP contribution in [0, 0.1) is 13.8 Å². The highest BCUT2D eigenvalue weighted by Crippen LogP contribution is 2.13. The fraction of sp³-hybridized carbons (Fsp3) is 0.333. The van der Waals surface area contributed by atoms with Crippen LogP contribution in [0.1, 0.15) is 28.4 Å². The van der Waals surface area contributed by atoms with Crippen LogP contribution in [0.4, 0.5) is 0 Å². The lowest BCUT2D eigenvalue weighted by Crippen LogP contribution is -2.14. The summed E-state index contributed by atoms with van der Waals surface area (Å²) in [6.45, 7) is 4.85. The average Bonchev–Trinajstić information content (AvgIpc) is 2.14. The molecule has 0 saturated heterocycles. The van der Waals surface area contributed by atoms with E-state index in [1.54, 1.807) is 0 Å². The summed E-state index contributed by atoms with van der Waals surface area (Å²) in [5.74, 6) is -0.588. The van der Waals surface area contributed by atoms with Gasteiger partial charge in [-0.1, -0.05) is 18.2 Å². The Morgan fingerprint density at radius 2 is 1.73 bits per heavy atom. The summed E-state index contributed by atoms with van der Waals surface area (Å²) in [5.41, 5.74) is 2.47. The molecule has 0 aromatic heterocycles. The van der Waals surface area contributed by atoms with E-state index in [0.717, 1.165) is 11.1 Å². The first-order chi connectivity index (χ1) is 7.02. The Labute approximate surface area is 89.1 Å². The number of hydrogen-bond donors (Lipinski definition) is 0. The SMILES string of the molecule is CC(=O)OCC(=O)c1c(C)cccc1C. The molecule has 0 saturated carbocycles. The normalized spacial score (nSPS) is 9.80. The van der Waals surface area contributed by atoms with Gasteiger partial charge in [0.05, 0.1) is 0 Å². The molecule has 0 aliphatic carbocycles. The molecule has 0 fully saturated rings. The maximum Gasteiger partial charge on any atom is 0.303 e. The highest BCUT2D eigenvalue weighted by Gasteiger charge is 2.12. The number of carbonyl (C=O) groups is 2. The van der Waals surface area contributed by atoms with Crippen LogP contribution in [0.15, 0.2) is 18.2 Å². The minimum atomic E-state index is -0.436. The van der Waals surface area contributed by atoms with Crippen LogP contribution in [0.3, 0.4) is 0 Å². The van der Waals surface area contributed by atoms with Crippen molar-refractivity contribution in [1.82, 2.24) is 0 Å². The molecule has 1 aromatic rings. The molecule has 0 atom stereocenters. The molecule has 0 aliphatic rings. The Hall–Kier alpha value is -1.64. The van der Waals surface area contributed by atoms with Gasteiger partial charge in [0.25, 0.3) is 0 Å². The van der Waals surface area contributed by atoms with Crippen LogP contribution in [0.2, 0.25) is 0 Å². The second kappa shape index (κ2) is 4.73. The van der Waals surface area contributed by atoms with Gasteiger partial charge in [-0.05, 0) is 25.0 Å². The van der Waals surface area contributed by atoms with E-state index < -0.39 is 5.97 Å². The highest BCUT2D eigenvalue weighted by atomic mass is 16.5. The average molecular weight is 206 g/mol. The molecular weight excluding hydrogens is 192 g/mol. The molecule has 80 valence electrons. The van der Waals surface area contributed by atoms with Crippen molar-refractivity contribution in [3.05, 3.63) is 34.9 Å². The third kappa shape index (κ3) is 2.91. The van der Waals surface area contributed by atoms with Gasteiger partial charge in [-0.25, -0.2) is 0 Å². The Balaban J connectivity index is 2.86. The molecule has 0 heterocycles. The molecule has 3 heteroatoms. The summed E-state index contributed by atoms with van der Waals surface area (Å²) in [6.07, 6.45) is 0. The Bertz CT molecular complexity index is 374. The molecular formula is C12H14O3. The van der Waals surface area contributed by atoms with Gasteiger partial charge in [-0.15, -0.1) is 0 Å². The molecule has 1 rings (SSSR count). The zero-order chi connectivity index (χ0) is 11.4. The van der Waals surface area contributed by atoms with Gasteiger partial charge in [0, 0.05) is 12.5 Å². The van der Waals surface area contributed by atoms with Crippen molar-refractivity contribution in [1.29, 1.82) is 0 Å². The van der Waals surface area contributed by atoms with Crippen molar-refractivity contribution < 1.29 is 14.3 Å². The lowest BCUT2D eigenvalue weighted by Gasteiger charge is -2.08. The van der Waals surface area contributed by atoms with E-state index in [-0.39, 0.29) is 12.4 Å². The van der Waals surface area contributed by atoms with Gasteiger partial charge in [0.2, 0.25) is 5.78 Å². The zero-order valence-electron chi connectivity index (χ0n) is 9.16. The van der Waals surface area contributed by atoms with E-state index in [1.807, 2.05) is 32.0 Å². The molecule has 0 N–H and O–H groups in total. The van der Waals surface area contributed by atoms with Crippen LogP contribution < -0.4 is 0 Å². The topological polar surface area (TPSA) is 43.4 Å². The van der Waals surface area contributed by atoms with Crippen molar-refractivity contribution in [2.75, 3.05) is 6.61 Å². The largest absolute Gasteiger partial charge is 0.457 e. The Morgan fingerprint density at radius 3 is 2.20 bits per heavy atom. The summed E-state index contributed by atoms with van der Waals surface area (Å²) < 4.78 is 4.68. The smallest absolute Gasteiger partial charge is 0.303 e. The van der Waals surface area contributed by atoms with Crippen LogP contribution in [0.5, 0.6) is 0 Å². The van der Waals surface area contributed by atoms with Crippen LogP contribution in [-0.4, -0.2) is 18.4 Å². The van der Waals surface area contributed by atoms with Crippen LogP contribution >= 0.6 is 0 Å². The number of rotatable bonds is 3. The third-order valence-corrected chi connectivity index (χ3v) is 2.17. The summed E-state index contributed by atoms with van der Waals surface area (Å²) >= 11 is 0. The Kier molecular flexibility index (Phi) is 3.61. The van der Waals surface area contributed by atoms with Crippen molar-refractivity contribution in [3.63, 3.8) is 0 Å². The van der Waals surface area contributed by atoms with Crippen molar-refractivity contribution in [2.45, 2.75) is 20.8 Å².